The molecule has 3 N–H and O–H groups in total. The molecule has 0 spiro atoms. The maximum atomic E-state index is 12.1. The molecule has 18 heavy (non-hydrogen) atoms. The third-order valence-electron chi connectivity index (χ3n) is 2.10. The summed E-state index contributed by atoms with van der Waals surface area (Å²) in [6.45, 7) is 5.43. The fourth-order valence-electron chi connectivity index (χ4n) is 1.51. The number of carbonyl (C=O) groups excluding carboxylic acids is 3. The van der Waals surface area contributed by atoms with Crippen molar-refractivity contribution in [2.75, 3.05) is 18.8 Å². The van der Waals surface area contributed by atoms with Gasteiger partial charge < -0.3 is 16.0 Å². The number of amides is 3. The molecule has 0 aliphatic heterocycles. The van der Waals surface area contributed by atoms with E-state index in [1.54, 1.807) is 0 Å². The molecule has 0 fully saturated rings. The van der Waals surface area contributed by atoms with Crippen molar-refractivity contribution < 1.29 is 14.4 Å². The van der Waals surface area contributed by atoms with Gasteiger partial charge in [0.25, 0.3) is 0 Å². The summed E-state index contributed by atoms with van der Waals surface area (Å²) < 4.78 is 0. The van der Waals surface area contributed by atoms with Crippen molar-refractivity contribution in [2.24, 2.45) is 11.7 Å². The van der Waals surface area contributed by atoms with E-state index >= 15 is 0 Å². The predicted octanol–water partition coefficient (Wildman–Crippen LogP) is -0.609. The SMILES string of the molecule is CC(=O)NC(CS)C(=O)N(CC(N)=O)CC(C)C. The van der Waals surface area contributed by atoms with Crippen LogP contribution in [0.3, 0.4) is 0 Å². The zero-order valence-corrected chi connectivity index (χ0v) is 11.9. The topological polar surface area (TPSA) is 92.5 Å². The second-order valence-electron chi connectivity index (χ2n) is 4.51. The van der Waals surface area contributed by atoms with Gasteiger partial charge in [0, 0.05) is 19.2 Å². The first-order valence-corrected chi connectivity index (χ1v) is 6.36. The number of hydrogen-bond donors (Lipinski definition) is 3. The highest BCUT2D eigenvalue weighted by Crippen LogP contribution is 2.03. The van der Waals surface area contributed by atoms with E-state index in [0.717, 1.165) is 0 Å². The fraction of sp³-hybridized carbons (Fsp3) is 0.727. The largest absolute Gasteiger partial charge is 0.368 e. The molecular formula is C11H21N3O3S. The maximum Gasteiger partial charge on any atom is 0.246 e. The summed E-state index contributed by atoms with van der Waals surface area (Å²) in [4.78, 5) is 35.4. The Labute approximate surface area is 113 Å². The Hall–Kier alpha value is -1.24. The maximum absolute atomic E-state index is 12.1. The van der Waals surface area contributed by atoms with E-state index in [2.05, 4.69) is 17.9 Å². The van der Waals surface area contributed by atoms with Crippen LogP contribution in [-0.4, -0.2) is 47.5 Å². The molecule has 6 nitrogen and oxygen atoms in total. The molecule has 0 aliphatic rings. The molecule has 0 aromatic heterocycles. The van der Waals surface area contributed by atoms with Gasteiger partial charge >= 0.3 is 0 Å². The number of primary amides is 1. The molecule has 0 aromatic rings. The van der Waals surface area contributed by atoms with Crippen LogP contribution in [0.2, 0.25) is 0 Å². The third kappa shape index (κ3) is 6.48. The van der Waals surface area contributed by atoms with Crippen LogP contribution in [-0.2, 0) is 14.4 Å². The Morgan fingerprint density at radius 2 is 1.89 bits per heavy atom. The summed E-state index contributed by atoms with van der Waals surface area (Å²) in [7, 11) is 0. The molecule has 0 heterocycles. The van der Waals surface area contributed by atoms with Crippen LogP contribution < -0.4 is 11.1 Å². The molecule has 3 amide bonds. The number of thiol groups is 1. The molecule has 1 atom stereocenters. The van der Waals surface area contributed by atoms with Crippen LogP contribution in [0.5, 0.6) is 0 Å². The Bertz CT molecular complexity index is 321. The average molecular weight is 275 g/mol. The zero-order chi connectivity index (χ0) is 14.3. The van der Waals surface area contributed by atoms with Gasteiger partial charge in [-0.15, -0.1) is 0 Å². The Balaban J connectivity index is 4.78. The molecule has 0 aromatic carbocycles. The number of nitrogens with one attached hydrogen (secondary N) is 1. The summed E-state index contributed by atoms with van der Waals surface area (Å²) in [6, 6.07) is -0.732. The molecule has 0 saturated carbocycles. The fourth-order valence-corrected chi connectivity index (χ4v) is 1.76. The molecule has 0 radical (unpaired) electrons. The van der Waals surface area contributed by atoms with Crippen molar-refractivity contribution in [3.63, 3.8) is 0 Å². The van der Waals surface area contributed by atoms with Gasteiger partial charge in [-0.1, -0.05) is 13.8 Å². The minimum Gasteiger partial charge on any atom is -0.368 e. The van der Waals surface area contributed by atoms with Crippen molar-refractivity contribution in [3.8, 4) is 0 Å². The number of nitrogens with two attached hydrogens (primary N) is 1. The van der Waals surface area contributed by atoms with E-state index in [1.165, 1.54) is 11.8 Å². The van der Waals surface area contributed by atoms with E-state index in [-0.39, 0.29) is 30.0 Å². The number of hydrogen-bond acceptors (Lipinski definition) is 4. The van der Waals surface area contributed by atoms with Crippen LogP contribution >= 0.6 is 12.6 Å². The zero-order valence-electron chi connectivity index (χ0n) is 11.0. The second kappa shape index (κ2) is 7.97. The highest BCUT2D eigenvalue weighted by molar-refractivity contribution is 7.80. The highest BCUT2D eigenvalue weighted by atomic mass is 32.1. The molecule has 7 heteroatoms. The summed E-state index contributed by atoms with van der Waals surface area (Å²) in [5.74, 6) is -0.860. The average Bonchev–Trinajstić information content (AvgIpc) is 2.22. The van der Waals surface area contributed by atoms with Gasteiger partial charge in [-0.25, -0.2) is 0 Å². The van der Waals surface area contributed by atoms with Gasteiger partial charge in [-0.3, -0.25) is 14.4 Å². The van der Waals surface area contributed by atoms with Gasteiger partial charge in [0.05, 0.1) is 6.54 Å². The molecule has 0 aliphatic carbocycles. The lowest BCUT2D eigenvalue weighted by Crippen LogP contribution is -2.52. The van der Waals surface area contributed by atoms with Gasteiger partial charge in [-0.05, 0) is 5.92 Å². The van der Waals surface area contributed by atoms with Gasteiger partial charge in [0.2, 0.25) is 17.7 Å². The van der Waals surface area contributed by atoms with Gasteiger partial charge in [-0.2, -0.15) is 12.6 Å². The molecule has 0 saturated heterocycles. The number of nitrogens with zero attached hydrogens (tertiary/aromatic N) is 1. The van der Waals surface area contributed by atoms with E-state index < -0.39 is 11.9 Å². The highest BCUT2D eigenvalue weighted by Gasteiger charge is 2.25. The summed E-state index contributed by atoms with van der Waals surface area (Å²) in [5, 5.41) is 2.50. The first-order valence-electron chi connectivity index (χ1n) is 5.73. The van der Waals surface area contributed by atoms with Gasteiger partial charge in [0.15, 0.2) is 0 Å². The Morgan fingerprint density at radius 1 is 1.33 bits per heavy atom. The molecule has 104 valence electrons. The normalized spacial score (nSPS) is 12.1. The van der Waals surface area contributed by atoms with E-state index in [1.807, 2.05) is 13.8 Å². The number of carbonyl (C=O) groups is 3. The first-order chi connectivity index (χ1) is 8.27. The van der Waals surface area contributed by atoms with Crippen molar-refractivity contribution in [2.45, 2.75) is 26.8 Å². The first kappa shape index (κ1) is 16.8. The molecule has 0 bridgehead atoms. The third-order valence-corrected chi connectivity index (χ3v) is 2.47. The lowest BCUT2D eigenvalue weighted by atomic mass is 10.2. The lowest BCUT2D eigenvalue weighted by molar-refractivity contribution is -0.138. The van der Waals surface area contributed by atoms with E-state index in [0.29, 0.717) is 6.54 Å². The Kier molecular flexibility index (Phi) is 7.42. The predicted molar refractivity (Wildman–Crippen MR) is 72.1 cm³/mol. The van der Waals surface area contributed by atoms with Crippen LogP contribution in [0.1, 0.15) is 20.8 Å². The minimum atomic E-state index is -0.732. The van der Waals surface area contributed by atoms with Crippen molar-refractivity contribution >= 4 is 30.4 Å². The monoisotopic (exact) mass is 275 g/mol. The standard InChI is InChI=1S/C11H21N3O3S/c1-7(2)4-14(5-10(12)16)11(17)9(6-18)13-8(3)15/h7,9,18H,4-6H2,1-3H3,(H2,12,16)(H,13,15). The Morgan fingerprint density at radius 3 is 2.22 bits per heavy atom. The van der Waals surface area contributed by atoms with Crippen molar-refractivity contribution in [1.29, 1.82) is 0 Å². The van der Waals surface area contributed by atoms with E-state index in [4.69, 9.17) is 5.73 Å². The summed E-state index contributed by atoms with van der Waals surface area (Å²) >= 11 is 4.03. The number of rotatable bonds is 7. The summed E-state index contributed by atoms with van der Waals surface area (Å²) in [6.07, 6.45) is 0. The second-order valence-corrected chi connectivity index (χ2v) is 4.88. The van der Waals surface area contributed by atoms with Crippen LogP contribution in [0, 0.1) is 5.92 Å². The van der Waals surface area contributed by atoms with Crippen LogP contribution in [0.25, 0.3) is 0 Å². The summed E-state index contributed by atoms with van der Waals surface area (Å²) in [5.41, 5.74) is 5.11. The minimum absolute atomic E-state index is 0.152. The lowest BCUT2D eigenvalue weighted by Gasteiger charge is -2.27. The quantitative estimate of drug-likeness (QED) is 0.541. The van der Waals surface area contributed by atoms with E-state index in [9.17, 15) is 14.4 Å². The molecule has 0 rings (SSSR count). The van der Waals surface area contributed by atoms with Crippen molar-refractivity contribution in [1.82, 2.24) is 10.2 Å². The smallest absolute Gasteiger partial charge is 0.246 e. The molecular weight excluding hydrogens is 254 g/mol. The van der Waals surface area contributed by atoms with Crippen LogP contribution in [0.15, 0.2) is 0 Å². The van der Waals surface area contributed by atoms with Gasteiger partial charge in [0.1, 0.15) is 6.04 Å². The van der Waals surface area contributed by atoms with Crippen molar-refractivity contribution in [3.05, 3.63) is 0 Å². The van der Waals surface area contributed by atoms with Crippen LogP contribution in [0.4, 0.5) is 0 Å². The molecule has 1 unspecified atom stereocenters.